The molecule has 4 bridgehead atoms. The Morgan fingerprint density at radius 3 is 1.53 bits per heavy atom. The Morgan fingerprint density at radius 1 is 0.648 bits per heavy atom. The van der Waals surface area contributed by atoms with Crippen LogP contribution in [0, 0.1) is 74.2 Å². The van der Waals surface area contributed by atoms with Gasteiger partial charge in [0.25, 0.3) is 17.5 Å². The number of aliphatic hydroxyl groups excluding tert-OH is 4. The molecule has 2 heterocycles. The van der Waals surface area contributed by atoms with E-state index in [9.17, 15) is 49.7 Å². The number of likely N-dealkylation sites (N-methyl/N-ethyl adjacent to an activating group) is 1. The van der Waals surface area contributed by atoms with Gasteiger partial charge in [-0.15, -0.1) is 0 Å². The fraction of sp³-hybridized carbons (Fsp3) is 0.585. The molecule has 0 radical (unpaired) electrons. The van der Waals surface area contributed by atoms with Crippen molar-refractivity contribution in [2.75, 3.05) is 73.6 Å². The van der Waals surface area contributed by atoms with Crippen LogP contribution in [0.2, 0.25) is 0 Å². The van der Waals surface area contributed by atoms with Crippen molar-refractivity contribution >= 4 is 35.0 Å². The number of fused-ring (bicyclic) bond motifs is 4. The van der Waals surface area contributed by atoms with E-state index in [1.54, 1.807) is 44.2 Å². The van der Waals surface area contributed by atoms with Crippen LogP contribution >= 0.6 is 0 Å². The zero-order valence-corrected chi connectivity index (χ0v) is 64.3. The third-order valence-electron chi connectivity index (χ3n) is 24.3. The van der Waals surface area contributed by atoms with E-state index in [1.807, 2.05) is 111 Å². The van der Waals surface area contributed by atoms with E-state index in [0.717, 1.165) is 53.6 Å². The standard InChI is InChI=1S/C42H56N4O6.C40H59N5O8/c1-25-34-21-31(42(34,3)4)22-35(25)44-41(50)38-37(26(2)48)36(24-47)52-46(38)23-28-14-11-15-33(39(28)51-7)29-18-30(20-32(19-29)45(5)6)40(49)43-17-16-27-12-9-8-10-13-27;1-22(2)13-29(20-43(7)8)41-38(48)27-14-26(15-30(16-27)45(50)51)31-12-10-11-25(37(31)52-9)19-44-36(35(24(4)47)34(21-46)53-44)39(49)42-33-18-28-17-32(23(33)3)40(28,5)6/h8-15,18-20,25-26,31,34-38,47-48H,16-17,21-24H2,1-7H3,(H,43,49)(H,44,50);10-12,14-16,22-24,28-29,32-36,46-47H,13,17-21H2,1-9H3,(H,41,48)(H,42,49)/t25-,26-,31+,34-,35-,36-,37-,38-;23-,24?,28+,29+,32-,33-,34-,35?,36-/m00/s1. The number of hydrogen-bond acceptors (Lipinski definition) is 18. The van der Waals surface area contributed by atoms with Crippen LogP contribution in [0.15, 0.2) is 103 Å². The van der Waals surface area contributed by atoms with E-state index in [4.69, 9.17) is 19.1 Å². The van der Waals surface area contributed by atoms with Crippen molar-refractivity contribution in [3.05, 3.63) is 141 Å². The van der Waals surface area contributed by atoms with Crippen molar-refractivity contribution in [1.29, 1.82) is 0 Å². The number of nitro groups is 1. The normalized spacial score (nSPS) is 27.3. The third-order valence-corrected chi connectivity index (χ3v) is 24.3. The number of para-hydroxylation sites is 2. The second-order valence-electron chi connectivity index (χ2n) is 32.7. The van der Waals surface area contributed by atoms with Gasteiger partial charge in [-0.1, -0.05) is 122 Å². The molecule has 0 aromatic heterocycles. The molecule has 8 fully saturated rings. The van der Waals surface area contributed by atoms with Gasteiger partial charge < -0.3 is 61.0 Å². The van der Waals surface area contributed by atoms with Crippen LogP contribution < -0.4 is 35.6 Å². The Labute approximate surface area is 620 Å². The van der Waals surface area contributed by atoms with Crippen molar-refractivity contribution in [3.8, 4) is 33.8 Å². The van der Waals surface area contributed by atoms with Gasteiger partial charge in [0.1, 0.15) is 35.8 Å². The molecule has 2 aliphatic heterocycles. The smallest absolute Gasteiger partial charge is 0.270 e. The molecule has 0 spiro atoms. The van der Waals surface area contributed by atoms with Gasteiger partial charge in [0, 0.05) is 108 Å². The summed E-state index contributed by atoms with van der Waals surface area (Å²) >= 11 is 0. The highest BCUT2D eigenvalue weighted by Gasteiger charge is 2.59. The van der Waals surface area contributed by atoms with Crippen LogP contribution in [0.4, 0.5) is 11.4 Å². The molecule has 4 amide bonds. The lowest BCUT2D eigenvalue weighted by molar-refractivity contribution is -0.384. The van der Waals surface area contributed by atoms with E-state index >= 15 is 0 Å². The Bertz CT molecular complexity index is 3860. The average Bonchev–Trinajstić information content (AvgIpc) is 1.23. The van der Waals surface area contributed by atoms with Crippen molar-refractivity contribution < 1.29 is 63.7 Å². The van der Waals surface area contributed by atoms with Crippen molar-refractivity contribution in [2.24, 2.45) is 64.1 Å². The molecule has 5 aromatic rings. The average molecular weight is 1450 g/mol. The zero-order valence-electron chi connectivity index (χ0n) is 64.3. The molecule has 6 aliphatic carbocycles. The number of anilines is 1. The molecule has 572 valence electrons. The van der Waals surface area contributed by atoms with Gasteiger partial charge in [-0.2, -0.15) is 10.1 Å². The number of carbonyl (C=O) groups excluding carboxylic acids is 4. The molecule has 23 nitrogen and oxygen atoms in total. The summed E-state index contributed by atoms with van der Waals surface area (Å²) in [5.41, 5.74) is 6.88. The lowest BCUT2D eigenvalue weighted by Gasteiger charge is -2.62. The summed E-state index contributed by atoms with van der Waals surface area (Å²) in [4.78, 5) is 83.5. The molecular formula is C82H115N9O14. The molecule has 6 saturated carbocycles. The maximum absolute atomic E-state index is 14.2. The van der Waals surface area contributed by atoms with E-state index in [1.165, 1.54) is 37.1 Å². The number of methoxy groups -OCH3 is 2. The number of ether oxygens (including phenoxy) is 2. The molecule has 2 saturated heterocycles. The number of amides is 4. The fourth-order valence-corrected chi connectivity index (χ4v) is 18.3. The van der Waals surface area contributed by atoms with Crippen LogP contribution in [0.5, 0.6) is 11.5 Å². The lowest BCUT2D eigenvalue weighted by Crippen LogP contribution is -2.62. The molecule has 5 aromatic carbocycles. The SMILES string of the molecule is COc1c(CN2O[C@@H](CO)C(C(C)O)[C@H]2C(=O)N[C@H]2C[C@H]3C[C@@H]([C@@H]2C)C3(C)C)cccc1-c1cc(C(=O)N[C@H](CC(C)C)CN(C)C)cc([N+](=O)[O-])c1.COc1c(CN2O[C@@H](CO)[C@H]([C@H](C)O)[C@H]2C(=O)N[C@H]2C[C@H]3C[C@@H]([C@@H]2C)C3(C)C)cccc1-c1cc(C(=O)NCCc2ccccc2)cc(N(C)C)c1. The van der Waals surface area contributed by atoms with Gasteiger partial charge >= 0.3 is 0 Å². The van der Waals surface area contributed by atoms with Crippen LogP contribution in [0.1, 0.15) is 139 Å². The molecule has 23 heteroatoms. The van der Waals surface area contributed by atoms with E-state index < -0.39 is 65.8 Å². The molecule has 2 unspecified atom stereocenters. The van der Waals surface area contributed by atoms with Gasteiger partial charge in [0.15, 0.2) is 0 Å². The summed E-state index contributed by atoms with van der Waals surface area (Å²) < 4.78 is 12.0. The number of hydrogen-bond donors (Lipinski definition) is 8. The van der Waals surface area contributed by atoms with Crippen molar-refractivity contribution in [3.63, 3.8) is 0 Å². The predicted molar refractivity (Wildman–Crippen MR) is 405 cm³/mol. The minimum absolute atomic E-state index is 0.00869. The van der Waals surface area contributed by atoms with E-state index in [2.05, 4.69) is 76.7 Å². The quantitative estimate of drug-likeness (QED) is 0.0171. The van der Waals surface area contributed by atoms with Gasteiger partial charge in [-0.25, -0.2) is 0 Å². The van der Waals surface area contributed by atoms with Crippen molar-refractivity contribution in [2.45, 2.75) is 175 Å². The Morgan fingerprint density at radius 2 is 1.12 bits per heavy atom. The Hall–Kier alpha value is -7.58. The second kappa shape index (κ2) is 33.7. The number of non-ortho nitro benzene ring substituents is 1. The second-order valence-corrected chi connectivity index (χ2v) is 32.7. The first-order valence-electron chi connectivity index (χ1n) is 37.6. The summed E-state index contributed by atoms with van der Waals surface area (Å²) in [5.74, 6) is 1.74. The third kappa shape index (κ3) is 17.4. The summed E-state index contributed by atoms with van der Waals surface area (Å²) in [6, 6.07) is 29.4. The monoisotopic (exact) mass is 1450 g/mol. The molecule has 13 rings (SSSR count). The molecular weight excluding hydrogens is 1330 g/mol. The van der Waals surface area contributed by atoms with Crippen molar-refractivity contribution in [1.82, 2.24) is 36.3 Å². The van der Waals surface area contributed by atoms with Gasteiger partial charge in [0.05, 0.1) is 57.7 Å². The largest absolute Gasteiger partial charge is 0.496 e. The first kappa shape index (κ1) is 80.0. The highest BCUT2D eigenvalue weighted by Crippen LogP contribution is 2.62. The Kier molecular flexibility index (Phi) is 25.7. The van der Waals surface area contributed by atoms with Gasteiger partial charge in [-0.05, 0) is 160 Å². The van der Waals surface area contributed by atoms with Crippen LogP contribution in [-0.2, 0) is 38.8 Å². The summed E-state index contributed by atoms with van der Waals surface area (Å²) in [6.45, 7) is 21.8. The minimum Gasteiger partial charge on any atom is -0.496 e. The summed E-state index contributed by atoms with van der Waals surface area (Å²) in [6.07, 6.45) is 2.25. The molecule has 105 heavy (non-hydrogen) atoms. The van der Waals surface area contributed by atoms with Crippen LogP contribution in [0.25, 0.3) is 22.3 Å². The van der Waals surface area contributed by atoms with Gasteiger partial charge in [0.2, 0.25) is 11.8 Å². The zero-order chi connectivity index (χ0) is 76.3. The molecule has 17 atom stereocenters. The highest BCUT2D eigenvalue weighted by molar-refractivity contribution is 5.98. The van der Waals surface area contributed by atoms with Gasteiger partial charge in [-0.3, -0.25) is 39.0 Å². The summed E-state index contributed by atoms with van der Waals surface area (Å²) in [5, 5.41) is 70.5. The fourth-order valence-electron chi connectivity index (χ4n) is 18.3. The minimum atomic E-state index is -0.954. The number of hydroxylamine groups is 4. The number of rotatable bonds is 28. The topological polar surface area (TPSA) is 290 Å². The van der Waals surface area contributed by atoms with E-state index in [0.29, 0.717) is 88.3 Å². The van der Waals surface area contributed by atoms with E-state index in [-0.39, 0.29) is 77.6 Å². The number of nitrogens with zero attached hydrogens (tertiary/aromatic N) is 5. The highest BCUT2D eigenvalue weighted by atomic mass is 16.7. The molecule has 8 aliphatic rings. The number of carbonyl (C=O) groups is 4. The van der Waals surface area contributed by atoms with Crippen LogP contribution in [0.3, 0.4) is 0 Å². The van der Waals surface area contributed by atoms with Crippen LogP contribution in [-0.4, -0.2) is 187 Å². The number of nitro benzene ring substituents is 1. The first-order valence-corrected chi connectivity index (χ1v) is 37.6. The molecule has 8 N–H and O–H groups in total. The number of aliphatic hydroxyl groups is 4. The predicted octanol–water partition coefficient (Wildman–Crippen LogP) is 9.70. The number of benzene rings is 5. The number of nitrogens with one attached hydrogen (secondary N) is 4. The Balaban J connectivity index is 0.000000225. The maximum Gasteiger partial charge on any atom is 0.270 e. The first-order chi connectivity index (χ1) is 49.8. The lowest BCUT2D eigenvalue weighted by atomic mass is 9.45. The maximum atomic E-state index is 14.2. The summed E-state index contributed by atoms with van der Waals surface area (Å²) in [7, 11) is 10.8.